The summed E-state index contributed by atoms with van der Waals surface area (Å²) in [7, 11) is -7.44. The third kappa shape index (κ3) is 4.57. The third-order valence-corrected chi connectivity index (χ3v) is 10.3. The molecule has 10 heteroatoms. The van der Waals surface area contributed by atoms with Crippen molar-refractivity contribution in [3.05, 3.63) is 53.1 Å². The number of anilines is 2. The second kappa shape index (κ2) is 8.54. The molecule has 1 aliphatic heterocycles. The second-order valence-corrected chi connectivity index (χ2v) is 14.7. The first kappa shape index (κ1) is 24.9. The van der Waals surface area contributed by atoms with Crippen molar-refractivity contribution in [3.63, 3.8) is 0 Å². The van der Waals surface area contributed by atoms with Crippen molar-refractivity contribution in [2.24, 2.45) is 17.0 Å². The van der Waals surface area contributed by atoms with Crippen molar-refractivity contribution in [1.29, 1.82) is 0 Å². The number of nitrogens with two attached hydrogens (primary N) is 1. The van der Waals surface area contributed by atoms with Gasteiger partial charge < -0.3 is 4.90 Å². The van der Waals surface area contributed by atoms with Crippen molar-refractivity contribution >= 4 is 37.3 Å². The Labute approximate surface area is 218 Å². The van der Waals surface area contributed by atoms with E-state index >= 15 is 0 Å². The standard InChI is InChI=1S/C27H33N3O5S2/c1-36(32,33)29-18-10-11-23-22(14-18)27(12-3-2-4-13-27)16-30(23)26(31)19-6-5-7-24(37(28,34)35)25(19)21-15-20(21)17-8-9-17/h5-7,10-11,14,17,20-21,29H,2-4,8-9,12-13,15-16H2,1H3,(H2,28,34,35). The molecule has 0 radical (unpaired) electrons. The van der Waals surface area contributed by atoms with Crippen LogP contribution in [0.5, 0.6) is 0 Å². The number of benzene rings is 2. The lowest BCUT2D eigenvalue weighted by molar-refractivity contribution is 0.0981. The Morgan fingerprint density at radius 1 is 1.05 bits per heavy atom. The molecule has 2 aromatic carbocycles. The molecule has 6 rings (SSSR count). The zero-order valence-electron chi connectivity index (χ0n) is 20.9. The van der Waals surface area contributed by atoms with Crippen LogP contribution in [0, 0.1) is 11.8 Å². The summed E-state index contributed by atoms with van der Waals surface area (Å²) >= 11 is 0. The molecule has 37 heavy (non-hydrogen) atoms. The monoisotopic (exact) mass is 543 g/mol. The highest BCUT2D eigenvalue weighted by Crippen LogP contribution is 2.61. The lowest BCUT2D eigenvalue weighted by Crippen LogP contribution is -2.38. The molecule has 3 saturated carbocycles. The molecular formula is C27H33N3O5S2. The van der Waals surface area contributed by atoms with E-state index in [0.29, 0.717) is 35.2 Å². The first-order valence-corrected chi connectivity index (χ1v) is 16.5. The summed E-state index contributed by atoms with van der Waals surface area (Å²) in [4.78, 5) is 16.1. The van der Waals surface area contributed by atoms with Gasteiger partial charge in [0.2, 0.25) is 20.0 Å². The second-order valence-electron chi connectivity index (χ2n) is 11.4. The van der Waals surface area contributed by atoms with E-state index < -0.39 is 20.0 Å². The largest absolute Gasteiger partial charge is 0.307 e. The number of carbonyl (C=O) groups is 1. The number of hydrogen-bond acceptors (Lipinski definition) is 5. The molecule has 3 N–H and O–H groups in total. The fourth-order valence-corrected chi connectivity index (χ4v) is 8.27. The van der Waals surface area contributed by atoms with Gasteiger partial charge in [-0.25, -0.2) is 22.0 Å². The van der Waals surface area contributed by atoms with E-state index in [1.807, 2.05) is 12.1 Å². The molecule has 3 aliphatic carbocycles. The molecule has 1 amide bonds. The Kier molecular flexibility index (Phi) is 5.74. The molecule has 2 atom stereocenters. The van der Waals surface area contributed by atoms with Crippen molar-refractivity contribution in [3.8, 4) is 0 Å². The first-order valence-electron chi connectivity index (χ1n) is 13.1. The Hall–Kier alpha value is -2.43. The molecule has 0 aromatic heterocycles. The van der Waals surface area contributed by atoms with E-state index in [1.54, 1.807) is 23.1 Å². The quantitative estimate of drug-likeness (QED) is 0.568. The Morgan fingerprint density at radius 2 is 1.78 bits per heavy atom. The van der Waals surface area contributed by atoms with Gasteiger partial charge in [0.15, 0.2) is 0 Å². The molecule has 2 aromatic rings. The SMILES string of the molecule is CS(=O)(=O)Nc1ccc2c(c1)C1(CCCCC1)CN2C(=O)c1cccc(S(N)(=O)=O)c1C1CC1C1CC1. The maximum atomic E-state index is 14.3. The molecule has 1 spiro atoms. The van der Waals surface area contributed by atoms with Gasteiger partial charge in [0, 0.05) is 28.9 Å². The number of rotatable bonds is 6. The number of fused-ring (bicyclic) bond motifs is 2. The lowest BCUT2D eigenvalue weighted by atomic mass is 9.70. The molecule has 8 nitrogen and oxygen atoms in total. The molecule has 3 fully saturated rings. The van der Waals surface area contributed by atoms with E-state index in [1.165, 1.54) is 6.07 Å². The zero-order valence-corrected chi connectivity index (χ0v) is 22.6. The van der Waals surface area contributed by atoms with Gasteiger partial charge in [-0.05, 0) is 91.3 Å². The van der Waals surface area contributed by atoms with Gasteiger partial charge in [-0.3, -0.25) is 9.52 Å². The number of hydrogen-bond donors (Lipinski definition) is 2. The van der Waals surface area contributed by atoms with Crippen LogP contribution in [-0.2, 0) is 25.5 Å². The summed E-state index contributed by atoms with van der Waals surface area (Å²) in [6.07, 6.45) is 9.40. The van der Waals surface area contributed by atoms with Gasteiger partial charge in [0.25, 0.3) is 5.91 Å². The smallest absolute Gasteiger partial charge is 0.258 e. The summed E-state index contributed by atoms with van der Waals surface area (Å²) in [5.41, 5.74) is 2.99. The number of nitrogens with one attached hydrogen (secondary N) is 1. The minimum atomic E-state index is -3.99. The predicted octanol–water partition coefficient (Wildman–Crippen LogP) is 4.08. The highest BCUT2D eigenvalue weighted by atomic mass is 32.2. The fourth-order valence-electron chi connectivity index (χ4n) is 6.88. The van der Waals surface area contributed by atoms with Gasteiger partial charge >= 0.3 is 0 Å². The number of primary sulfonamides is 1. The minimum Gasteiger partial charge on any atom is -0.307 e. The highest BCUT2D eigenvalue weighted by molar-refractivity contribution is 7.92. The van der Waals surface area contributed by atoms with Crippen molar-refractivity contribution in [2.75, 3.05) is 22.4 Å². The van der Waals surface area contributed by atoms with Crippen molar-refractivity contribution in [1.82, 2.24) is 0 Å². The van der Waals surface area contributed by atoms with Gasteiger partial charge in [-0.1, -0.05) is 25.3 Å². The van der Waals surface area contributed by atoms with Crippen molar-refractivity contribution in [2.45, 2.75) is 67.6 Å². The van der Waals surface area contributed by atoms with Crippen LogP contribution in [-0.4, -0.2) is 35.5 Å². The number of nitrogens with zero attached hydrogens (tertiary/aromatic N) is 1. The summed E-state index contributed by atoms with van der Waals surface area (Å²) in [5, 5.41) is 5.63. The van der Waals surface area contributed by atoms with Crippen LogP contribution in [0.2, 0.25) is 0 Å². The third-order valence-electron chi connectivity index (χ3n) is 8.72. The summed E-state index contributed by atoms with van der Waals surface area (Å²) < 4.78 is 51.5. The Morgan fingerprint density at radius 3 is 2.43 bits per heavy atom. The van der Waals surface area contributed by atoms with Gasteiger partial charge in [0.05, 0.1) is 11.2 Å². The molecule has 0 bridgehead atoms. The highest BCUT2D eigenvalue weighted by Gasteiger charge is 2.51. The van der Waals surface area contributed by atoms with E-state index in [-0.39, 0.29) is 22.1 Å². The molecule has 4 aliphatic rings. The van der Waals surface area contributed by atoms with Crippen LogP contribution in [0.1, 0.15) is 78.8 Å². The predicted molar refractivity (Wildman–Crippen MR) is 143 cm³/mol. The van der Waals surface area contributed by atoms with Gasteiger partial charge in [0.1, 0.15) is 0 Å². The topological polar surface area (TPSA) is 127 Å². The Bertz CT molecular complexity index is 1490. The summed E-state index contributed by atoms with van der Waals surface area (Å²) in [6, 6.07) is 10.2. The lowest BCUT2D eigenvalue weighted by Gasteiger charge is -2.34. The van der Waals surface area contributed by atoms with Crippen molar-refractivity contribution < 1.29 is 21.6 Å². The van der Waals surface area contributed by atoms with E-state index in [4.69, 9.17) is 5.14 Å². The van der Waals surface area contributed by atoms with Crippen LogP contribution in [0.3, 0.4) is 0 Å². The fraction of sp³-hybridized carbons (Fsp3) is 0.519. The van der Waals surface area contributed by atoms with E-state index in [9.17, 15) is 21.6 Å². The van der Waals surface area contributed by atoms with Crippen LogP contribution in [0.4, 0.5) is 11.4 Å². The summed E-state index contributed by atoms with van der Waals surface area (Å²) in [5.74, 6) is 0.845. The van der Waals surface area contributed by atoms with Crippen LogP contribution in [0.15, 0.2) is 41.3 Å². The maximum Gasteiger partial charge on any atom is 0.258 e. The number of sulfonamides is 2. The molecule has 1 heterocycles. The van der Waals surface area contributed by atoms with Gasteiger partial charge in [-0.2, -0.15) is 0 Å². The van der Waals surface area contributed by atoms with Crippen LogP contribution >= 0.6 is 0 Å². The van der Waals surface area contributed by atoms with Gasteiger partial charge in [-0.15, -0.1) is 0 Å². The van der Waals surface area contributed by atoms with Crippen LogP contribution in [0.25, 0.3) is 0 Å². The normalized spacial score (nSPS) is 24.6. The molecular weight excluding hydrogens is 510 g/mol. The molecule has 198 valence electrons. The minimum absolute atomic E-state index is 0.0352. The van der Waals surface area contributed by atoms with E-state index in [0.717, 1.165) is 68.9 Å². The first-order chi connectivity index (χ1) is 17.5. The number of amides is 1. The number of carbonyl (C=O) groups excluding carboxylic acids is 1. The maximum absolute atomic E-state index is 14.3. The zero-order chi connectivity index (χ0) is 26.2. The van der Waals surface area contributed by atoms with Crippen LogP contribution < -0.4 is 14.8 Å². The molecule has 0 saturated heterocycles. The van der Waals surface area contributed by atoms with E-state index in [2.05, 4.69) is 4.72 Å². The Balaban J connectivity index is 1.43. The average molecular weight is 544 g/mol. The summed E-state index contributed by atoms with van der Waals surface area (Å²) in [6.45, 7) is 0.499. The average Bonchev–Trinajstić information content (AvgIpc) is 3.74. The molecule has 2 unspecified atom stereocenters.